The molecule has 1 N–H and O–H groups in total. The summed E-state index contributed by atoms with van der Waals surface area (Å²) in [4.78, 5) is 4.23. The van der Waals surface area contributed by atoms with Crippen LogP contribution in [0, 0.1) is 6.92 Å². The van der Waals surface area contributed by atoms with Gasteiger partial charge in [-0.15, -0.1) is 0 Å². The van der Waals surface area contributed by atoms with Gasteiger partial charge in [0.05, 0.1) is 22.0 Å². The van der Waals surface area contributed by atoms with Gasteiger partial charge in [0.2, 0.25) is 0 Å². The van der Waals surface area contributed by atoms with Crippen molar-refractivity contribution >= 4 is 26.7 Å². The monoisotopic (exact) mass is 345 g/mol. The fraction of sp³-hybridized carbons (Fsp3) is 0.250. The number of aromatic nitrogens is 3. The van der Waals surface area contributed by atoms with Crippen molar-refractivity contribution in [1.82, 2.24) is 14.8 Å². The average Bonchev–Trinajstić information content (AvgIpc) is 2.73. The van der Waals surface area contributed by atoms with E-state index < -0.39 is 6.10 Å². The maximum atomic E-state index is 10.6. The van der Waals surface area contributed by atoms with Gasteiger partial charge in [0.15, 0.2) is 0 Å². The Balaban J connectivity index is 1.99. The molecule has 1 unspecified atom stereocenters. The number of aliphatic hydroxyl groups is 1. The van der Waals surface area contributed by atoms with Gasteiger partial charge in [-0.3, -0.25) is 9.67 Å². The number of rotatable bonds is 3. The van der Waals surface area contributed by atoms with Crippen molar-refractivity contribution in [2.75, 3.05) is 0 Å². The first-order valence-electron chi connectivity index (χ1n) is 6.76. The first-order chi connectivity index (χ1) is 10.1. The molecule has 0 amide bonds. The second-order valence-electron chi connectivity index (χ2n) is 5.14. The highest BCUT2D eigenvalue weighted by Gasteiger charge is 2.18. The molecule has 2 aromatic heterocycles. The molecule has 3 aromatic rings. The lowest BCUT2D eigenvalue weighted by atomic mass is 10.0. The predicted molar refractivity (Wildman–Crippen MR) is 86.1 cm³/mol. The average molecular weight is 346 g/mol. The zero-order chi connectivity index (χ0) is 15.0. The molecule has 0 aliphatic heterocycles. The highest BCUT2D eigenvalue weighted by molar-refractivity contribution is 9.10. The molecular formula is C16H16BrN3O. The van der Waals surface area contributed by atoms with Crippen LogP contribution in [0.1, 0.15) is 23.1 Å². The quantitative estimate of drug-likeness (QED) is 0.792. The zero-order valence-corrected chi connectivity index (χ0v) is 13.5. The Hall–Kier alpha value is -1.72. The van der Waals surface area contributed by atoms with Crippen LogP contribution in [0.15, 0.2) is 41.1 Å². The molecule has 3 rings (SSSR count). The molecule has 1 atom stereocenters. The Morgan fingerprint density at radius 2 is 2.05 bits per heavy atom. The lowest BCUT2D eigenvalue weighted by molar-refractivity contribution is 0.177. The van der Waals surface area contributed by atoms with Crippen LogP contribution in [-0.2, 0) is 13.5 Å². The van der Waals surface area contributed by atoms with E-state index in [1.807, 2.05) is 44.4 Å². The Labute approximate surface area is 131 Å². The molecule has 0 aliphatic carbocycles. The molecule has 108 valence electrons. The molecule has 0 saturated carbocycles. The third-order valence-electron chi connectivity index (χ3n) is 3.71. The van der Waals surface area contributed by atoms with Crippen LogP contribution in [0.3, 0.4) is 0 Å². The molecule has 21 heavy (non-hydrogen) atoms. The summed E-state index contributed by atoms with van der Waals surface area (Å²) in [5.41, 5.74) is 2.75. The van der Waals surface area contributed by atoms with E-state index in [1.165, 1.54) is 0 Å². The van der Waals surface area contributed by atoms with Crippen LogP contribution in [0.25, 0.3) is 10.8 Å². The molecule has 0 radical (unpaired) electrons. The molecule has 0 bridgehead atoms. The second-order valence-corrected chi connectivity index (χ2v) is 5.93. The molecule has 0 saturated heterocycles. The molecule has 0 aliphatic rings. The normalized spacial score (nSPS) is 12.8. The van der Waals surface area contributed by atoms with Crippen molar-refractivity contribution in [1.29, 1.82) is 0 Å². The minimum atomic E-state index is -0.616. The van der Waals surface area contributed by atoms with Crippen molar-refractivity contribution in [3.63, 3.8) is 0 Å². The summed E-state index contributed by atoms with van der Waals surface area (Å²) in [5, 5.41) is 17.1. The lowest BCUT2D eigenvalue weighted by Gasteiger charge is -2.14. The largest absolute Gasteiger partial charge is 0.388 e. The summed E-state index contributed by atoms with van der Waals surface area (Å²) in [7, 11) is 1.89. The molecule has 2 heterocycles. The van der Waals surface area contributed by atoms with Gasteiger partial charge in [0.1, 0.15) is 0 Å². The summed E-state index contributed by atoms with van der Waals surface area (Å²) < 4.78 is 2.76. The number of fused-ring (bicyclic) bond motifs is 1. The van der Waals surface area contributed by atoms with E-state index in [9.17, 15) is 5.11 Å². The molecule has 0 fully saturated rings. The summed E-state index contributed by atoms with van der Waals surface area (Å²) in [6.07, 6.45) is 3.43. The van der Waals surface area contributed by atoms with E-state index in [0.29, 0.717) is 6.42 Å². The third-order valence-corrected chi connectivity index (χ3v) is 4.74. The zero-order valence-electron chi connectivity index (χ0n) is 11.9. The van der Waals surface area contributed by atoms with Crippen LogP contribution in [0.5, 0.6) is 0 Å². The van der Waals surface area contributed by atoms with Crippen LogP contribution in [-0.4, -0.2) is 19.9 Å². The van der Waals surface area contributed by atoms with Gasteiger partial charge in [-0.2, -0.15) is 5.10 Å². The molecule has 4 nitrogen and oxygen atoms in total. The number of hydrogen-bond acceptors (Lipinski definition) is 3. The number of nitrogens with zero attached hydrogens (tertiary/aromatic N) is 3. The Kier molecular flexibility index (Phi) is 3.78. The maximum absolute atomic E-state index is 10.6. The van der Waals surface area contributed by atoms with Crippen LogP contribution < -0.4 is 0 Å². The van der Waals surface area contributed by atoms with Crippen molar-refractivity contribution < 1.29 is 5.11 Å². The van der Waals surface area contributed by atoms with Gasteiger partial charge in [0.25, 0.3) is 0 Å². The van der Waals surface area contributed by atoms with Gasteiger partial charge in [-0.25, -0.2) is 0 Å². The smallest absolute Gasteiger partial charge is 0.0866 e. The third kappa shape index (κ3) is 2.59. The summed E-state index contributed by atoms with van der Waals surface area (Å²) in [5.74, 6) is 0. The number of halogens is 1. The Morgan fingerprint density at radius 1 is 1.29 bits per heavy atom. The summed E-state index contributed by atoms with van der Waals surface area (Å²) >= 11 is 3.54. The van der Waals surface area contributed by atoms with Crippen LogP contribution in [0.2, 0.25) is 0 Å². The predicted octanol–water partition coefficient (Wildman–Crippen LogP) is 3.32. The molecule has 5 heteroatoms. The molecule has 1 aromatic carbocycles. The lowest BCUT2D eigenvalue weighted by Crippen LogP contribution is -2.07. The van der Waals surface area contributed by atoms with Gasteiger partial charge in [-0.05, 0) is 28.2 Å². The number of aliphatic hydroxyl groups excluding tert-OH is 1. The summed E-state index contributed by atoms with van der Waals surface area (Å²) in [6, 6.07) is 7.96. The number of hydrogen-bond donors (Lipinski definition) is 1. The molecular weight excluding hydrogens is 330 g/mol. The van der Waals surface area contributed by atoms with Gasteiger partial charge in [0, 0.05) is 36.8 Å². The fourth-order valence-corrected chi connectivity index (χ4v) is 3.10. The van der Waals surface area contributed by atoms with E-state index in [-0.39, 0.29) is 0 Å². The van der Waals surface area contributed by atoms with E-state index in [1.54, 1.807) is 10.9 Å². The number of benzene rings is 1. The fourth-order valence-electron chi connectivity index (χ4n) is 2.60. The van der Waals surface area contributed by atoms with E-state index in [4.69, 9.17) is 0 Å². The second kappa shape index (κ2) is 5.58. The van der Waals surface area contributed by atoms with Gasteiger partial charge < -0.3 is 5.11 Å². The van der Waals surface area contributed by atoms with Crippen molar-refractivity contribution in [3.05, 3.63) is 58.1 Å². The van der Waals surface area contributed by atoms with Gasteiger partial charge >= 0.3 is 0 Å². The Bertz CT molecular complexity index is 792. The summed E-state index contributed by atoms with van der Waals surface area (Å²) in [6.45, 7) is 1.94. The Morgan fingerprint density at radius 3 is 2.76 bits per heavy atom. The van der Waals surface area contributed by atoms with E-state index in [2.05, 4.69) is 26.0 Å². The van der Waals surface area contributed by atoms with Crippen molar-refractivity contribution in [3.8, 4) is 0 Å². The number of aryl methyl sites for hydroxylation is 2. The standard InChI is InChI=1S/C16H16BrN3O/c1-10-16(17)14(20(2)19-10)7-15(21)13-9-18-8-11-5-3-4-6-12(11)13/h3-6,8-9,15,21H,7H2,1-2H3. The maximum Gasteiger partial charge on any atom is 0.0866 e. The first kappa shape index (κ1) is 14.2. The number of pyridine rings is 1. The SMILES string of the molecule is Cc1nn(C)c(CC(O)c2cncc3ccccc23)c1Br. The van der Waals surface area contributed by atoms with E-state index >= 15 is 0 Å². The molecule has 0 spiro atoms. The van der Waals surface area contributed by atoms with E-state index in [0.717, 1.165) is 32.2 Å². The minimum Gasteiger partial charge on any atom is -0.388 e. The highest BCUT2D eigenvalue weighted by Crippen LogP contribution is 2.29. The van der Waals surface area contributed by atoms with Crippen molar-refractivity contribution in [2.45, 2.75) is 19.4 Å². The topological polar surface area (TPSA) is 50.9 Å². The first-order valence-corrected chi connectivity index (χ1v) is 7.56. The highest BCUT2D eigenvalue weighted by atomic mass is 79.9. The van der Waals surface area contributed by atoms with Crippen LogP contribution in [0.4, 0.5) is 0 Å². The minimum absolute atomic E-state index is 0.494. The van der Waals surface area contributed by atoms with Gasteiger partial charge in [-0.1, -0.05) is 24.3 Å². The van der Waals surface area contributed by atoms with Crippen molar-refractivity contribution in [2.24, 2.45) is 7.05 Å². The van der Waals surface area contributed by atoms with Crippen LogP contribution >= 0.6 is 15.9 Å².